The normalized spacial score (nSPS) is 28.3. The second kappa shape index (κ2) is 8.75. The number of benzene rings is 1. The third kappa shape index (κ3) is 4.03. The molecule has 0 aromatic heterocycles. The Balaban J connectivity index is 1.71. The molecule has 1 fully saturated rings. The molecule has 6 heteroatoms. The van der Waals surface area contributed by atoms with Crippen LogP contribution in [0.25, 0.3) is 0 Å². The van der Waals surface area contributed by atoms with Crippen LogP contribution in [0.5, 0.6) is 0 Å². The van der Waals surface area contributed by atoms with E-state index >= 15 is 0 Å². The van der Waals surface area contributed by atoms with Gasteiger partial charge < -0.3 is 19.3 Å². The zero-order valence-corrected chi connectivity index (χ0v) is 19.3. The van der Waals surface area contributed by atoms with E-state index in [0.717, 1.165) is 24.9 Å². The molecule has 168 valence electrons. The molecule has 0 bridgehead atoms. The minimum atomic E-state index is -0.378. The van der Waals surface area contributed by atoms with Crippen molar-refractivity contribution in [3.05, 3.63) is 46.7 Å². The predicted molar refractivity (Wildman–Crippen MR) is 119 cm³/mol. The number of likely N-dealkylation sites (N-methyl/N-ethyl adjacent to an activating group) is 1. The number of fused-ring (bicyclic) bond motifs is 1. The van der Waals surface area contributed by atoms with Crippen molar-refractivity contribution in [2.45, 2.75) is 57.3 Å². The van der Waals surface area contributed by atoms with Gasteiger partial charge in [0, 0.05) is 26.6 Å². The number of methoxy groups -OCH3 is 1. The summed E-state index contributed by atoms with van der Waals surface area (Å²) >= 11 is 0. The Kier molecular flexibility index (Phi) is 6.22. The Morgan fingerprint density at radius 3 is 2.48 bits per heavy atom. The summed E-state index contributed by atoms with van der Waals surface area (Å²) in [5, 5.41) is 0. The molecular weight excluding hydrogens is 392 g/mol. The van der Waals surface area contributed by atoms with Crippen LogP contribution in [0.2, 0.25) is 0 Å². The molecule has 31 heavy (non-hydrogen) atoms. The van der Waals surface area contributed by atoms with Crippen molar-refractivity contribution in [1.82, 2.24) is 9.80 Å². The highest BCUT2D eigenvalue weighted by Gasteiger charge is 2.52. The van der Waals surface area contributed by atoms with E-state index in [1.54, 1.807) is 7.11 Å². The van der Waals surface area contributed by atoms with E-state index in [4.69, 9.17) is 9.47 Å². The SMILES string of the molecule is COC1CCC2C(=O)C3=C(OC2C1)C(=O)N(CCN(C)C)C3c1ccc(C(C)C)cc1. The number of hydrogen-bond acceptors (Lipinski definition) is 5. The molecule has 4 atom stereocenters. The van der Waals surface area contributed by atoms with Crippen LogP contribution in [0.1, 0.15) is 56.2 Å². The predicted octanol–water partition coefficient (Wildman–Crippen LogP) is 3.29. The molecule has 1 saturated carbocycles. The first-order chi connectivity index (χ1) is 14.8. The summed E-state index contributed by atoms with van der Waals surface area (Å²) in [6.07, 6.45) is 2.05. The van der Waals surface area contributed by atoms with Crippen LogP contribution in [-0.2, 0) is 19.1 Å². The van der Waals surface area contributed by atoms with Crippen molar-refractivity contribution in [3.63, 3.8) is 0 Å². The fraction of sp³-hybridized carbons (Fsp3) is 0.600. The van der Waals surface area contributed by atoms with Gasteiger partial charge in [0.15, 0.2) is 11.5 Å². The zero-order chi connectivity index (χ0) is 22.3. The first-order valence-electron chi connectivity index (χ1n) is 11.3. The van der Waals surface area contributed by atoms with Gasteiger partial charge in [0.2, 0.25) is 0 Å². The monoisotopic (exact) mass is 426 g/mol. The lowest BCUT2D eigenvalue weighted by Crippen LogP contribution is -2.43. The molecule has 1 aliphatic carbocycles. The topological polar surface area (TPSA) is 59.1 Å². The second-order valence-corrected chi connectivity index (χ2v) is 9.57. The van der Waals surface area contributed by atoms with E-state index in [1.807, 2.05) is 19.0 Å². The molecule has 2 heterocycles. The van der Waals surface area contributed by atoms with E-state index in [9.17, 15) is 9.59 Å². The summed E-state index contributed by atoms with van der Waals surface area (Å²) < 4.78 is 11.8. The first kappa shape index (κ1) is 22.0. The second-order valence-electron chi connectivity index (χ2n) is 9.57. The van der Waals surface area contributed by atoms with E-state index in [1.165, 1.54) is 5.56 Å². The average Bonchev–Trinajstić information content (AvgIpc) is 3.04. The van der Waals surface area contributed by atoms with Gasteiger partial charge in [0.25, 0.3) is 5.91 Å². The lowest BCUT2D eigenvalue weighted by atomic mass is 9.76. The van der Waals surface area contributed by atoms with E-state index in [2.05, 4.69) is 43.0 Å². The number of Topliss-reactive ketones (excluding diaryl/α,β-unsaturated/α-hetero) is 1. The van der Waals surface area contributed by atoms with Crippen LogP contribution in [0, 0.1) is 5.92 Å². The van der Waals surface area contributed by atoms with Gasteiger partial charge in [-0.1, -0.05) is 38.1 Å². The summed E-state index contributed by atoms with van der Waals surface area (Å²) in [6, 6.07) is 7.96. The maximum Gasteiger partial charge on any atom is 0.290 e. The minimum absolute atomic E-state index is 0.0805. The molecule has 0 spiro atoms. The smallest absolute Gasteiger partial charge is 0.290 e. The quantitative estimate of drug-likeness (QED) is 0.699. The van der Waals surface area contributed by atoms with Crippen LogP contribution in [-0.4, -0.2) is 68.0 Å². The number of carbonyl (C=O) groups excluding carboxylic acids is 2. The van der Waals surface area contributed by atoms with E-state index in [0.29, 0.717) is 24.5 Å². The minimum Gasteiger partial charge on any atom is -0.483 e. The summed E-state index contributed by atoms with van der Waals surface area (Å²) in [6.45, 7) is 5.59. The molecule has 6 nitrogen and oxygen atoms in total. The third-order valence-electron chi connectivity index (χ3n) is 6.94. The highest BCUT2D eigenvalue weighted by molar-refractivity contribution is 6.11. The van der Waals surface area contributed by atoms with Crippen LogP contribution < -0.4 is 0 Å². The summed E-state index contributed by atoms with van der Waals surface area (Å²) in [5.74, 6) is 0.416. The van der Waals surface area contributed by atoms with Gasteiger partial charge in [-0.15, -0.1) is 0 Å². The molecule has 4 unspecified atom stereocenters. The van der Waals surface area contributed by atoms with Crippen LogP contribution in [0.15, 0.2) is 35.6 Å². The largest absolute Gasteiger partial charge is 0.483 e. The Bertz CT molecular complexity index is 874. The molecule has 4 rings (SSSR count). The van der Waals surface area contributed by atoms with Gasteiger partial charge in [-0.05, 0) is 44.0 Å². The van der Waals surface area contributed by atoms with Crippen molar-refractivity contribution in [3.8, 4) is 0 Å². The zero-order valence-electron chi connectivity index (χ0n) is 19.3. The van der Waals surface area contributed by atoms with Gasteiger partial charge >= 0.3 is 0 Å². The molecule has 3 aliphatic rings. The van der Waals surface area contributed by atoms with Crippen LogP contribution in [0.3, 0.4) is 0 Å². The van der Waals surface area contributed by atoms with Gasteiger partial charge in [-0.2, -0.15) is 0 Å². The fourth-order valence-electron chi connectivity index (χ4n) is 5.04. The Labute approximate surface area is 185 Å². The number of nitrogens with zero attached hydrogens (tertiary/aromatic N) is 2. The first-order valence-corrected chi connectivity index (χ1v) is 11.3. The molecule has 2 aliphatic heterocycles. The van der Waals surface area contributed by atoms with Crippen LogP contribution in [0.4, 0.5) is 0 Å². The van der Waals surface area contributed by atoms with Crippen molar-refractivity contribution < 1.29 is 19.1 Å². The summed E-state index contributed by atoms with van der Waals surface area (Å²) in [4.78, 5) is 30.9. The van der Waals surface area contributed by atoms with Crippen molar-refractivity contribution in [2.75, 3.05) is 34.3 Å². The maximum atomic E-state index is 13.7. The van der Waals surface area contributed by atoms with E-state index < -0.39 is 0 Å². The van der Waals surface area contributed by atoms with Crippen molar-refractivity contribution in [1.29, 1.82) is 0 Å². The average molecular weight is 427 g/mol. The molecule has 1 aromatic carbocycles. The molecular formula is C25H34N2O4. The number of rotatable bonds is 6. The molecule has 0 radical (unpaired) electrons. The molecule has 1 amide bonds. The van der Waals surface area contributed by atoms with Gasteiger partial charge in [-0.25, -0.2) is 0 Å². The van der Waals surface area contributed by atoms with Crippen molar-refractivity contribution in [2.24, 2.45) is 5.92 Å². The number of ether oxygens (including phenoxy) is 2. The number of carbonyl (C=O) groups is 2. The maximum absolute atomic E-state index is 13.7. The third-order valence-corrected chi connectivity index (χ3v) is 6.94. The fourth-order valence-corrected chi connectivity index (χ4v) is 5.04. The molecule has 0 saturated heterocycles. The molecule has 1 aromatic rings. The number of ketones is 1. The summed E-state index contributed by atoms with van der Waals surface area (Å²) in [7, 11) is 5.67. The van der Waals surface area contributed by atoms with Gasteiger partial charge in [-0.3, -0.25) is 9.59 Å². The lowest BCUT2D eigenvalue weighted by molar-refractivity contribution is -0.138. The van der Waals surface area contributed by atoms with Crippen molar-refractivity contribution >= 4 is 11.7 Å². The number of hydrogen-bond donors (Lipinski definition) is 0. The highest BCUT2D eigenvalue weighted by Crippen LogP contribution is 2.47. The van der Waals surface area contributed by atoms with E-state index in [-0.39, 0.29) is 41.6 Å². The lowest BCUT2D eigenvalue weighted by Gasteiger charge is -2.38. The van der Waals surface area contributed by atoms with Gasteiger partial charge in [0.1, 0.15) is 6.10 Å². The Hall–Kier alpha value is -2.18. The van der Waals surface area contributed by atoms with Gasteiger partial charge in [0.05, 0.1) is 23.6 Å². The summed E-state index contributed by atoms with van der Waals surface area (Å²) in [5.41, 5.74) is 2.77. The van der Waals surface area contributed by atoms with Crippen LogP contribution >= 0.6 is 0 Å². The standard InChI is InChI=1S/C25H34N2O4/c1-15(2)16-6-8-17(9-7-16)22-21-23(28)19-11-10-18(30-5)14-20(19)31-24(21)25(29)27(22)13-12-26(3)4/h6-9,15,18-20,22H,10-14H2,1-5H3. The highest BCUT2D eigenvalue weighted by atomic mass is 16.5. The Morgan fingerprint density at radius 1 is 1.16 bits per heavy atom. The molecule has 0 N–H and O–H groups in total. The Morgan fingerprint density at radius 2 is 1.87 bits per heavy atom. The number of amides is 1.